The minimum atomic E-state index is -0.208. The molecule has 0 saturated carbocycles. The third-order valence-electron chi connectivity index (χ3n) is 3.11. The molecular weight excluding hydrogens is 429 g/mol. The van der Waals surface area contributed by atoms with Gasteiger partial charge in [-0.2, -0.15) is 0 Å². The van der Waals surface area contributed by atoms with Crippen LogP contribution in [0.5, 0.6) is 5.75 Å². The van der Waals surface area contributed by atoms with Crippen LogP contribution in [0.3, 0.4) is 0 Å². The van der Waals surface area contributed by atoms with Crippen LogP contribution in [-0.4, -0.2) is 26.2 Å². The number of nitrogens with one attached hydrogen (secondary N) is 1. The quantitative estimate of drug-likeness (QED) is 0.525. The zero-order chi connectivity index (χ0) is 16.8. The van der Waals surface area contributed by atoms with E-state index in [4.69, 9.17) is 21.1 Å². The number of aryl methyl sites for hydroxylation is 1. The second-order valence-electron chi connectivity index (χ2n) is 4.92. The van der Waals surface area contributed by atoms with E-state index >= 15 is 0 Å². The molecule has 4 nitrogen and oxygen atoms in total. The summed E-state index contributed by atoms with van der Waals surface area (Å²) in [5.41, 5.74) is 2.22. The van der Waals surface area contributed by atoms with E-state index < -0.39 is 0 Å². The summed E-state index contributed by atoms with van der Waals surface area (Å²) >= 11 is 8.09. The summed E-state index contributed by atoms with van der Waals surface area (Å²) < 4.78 is 11.5. The third-order valence-corrected chi connectivity index (χ3v) is 4.65. The van der Waals surface area contributed by atoms with Gasteiger partial charge in [-0.3, -0.25) is 4.79 Å². The average Bonchev–Trinajstić information content (AvgIpc) is 2.52. The number of hydrogen-bond donors (Lipinski definition) is 1. The molecule has 2 aromatic carbocycles. The second kappa shape index (κ2) is 8.52. The van der Waals surface area contributed by atoms with Gasteiger partial charge < -0.3 is 14.8 Å². The molecule has 0 aliphatic heterocycles. The highest BCUT2D eigenvalue weighted by atomic mass is 127. The number of anilines is 1. The molecule has 0 spiro atoms. The van der Waals surface area contributed by atoms with E-state index in [0.717, 1.165) is 9.13 Å². The molecule has 0 aliphatic carbocycles. The number of benzene rings is 2. The Kier molecular flexibility index (Phi) is 6.68. The third kappa shape index (κ3) is 5.09. The highest BCUT2D eigenvalue weighted by Crippen LogP contribution is 2.27. The molecule has 0 aliphatic rings. The topological polar surface area (TPSA) is 47.6 Å². The maximum absolute atomic E-state index is 12.4. The minimum Gasteiger partial charge on any atom is -0.489 e. The molecule has 6 heteroatoms. The van der Waals surface area contributed by atoms with Crippen LogP contribution in [-0.2, 0) is 4.74 Å². The fourth-order valence-electron chi connectivity index (χ4n) is 1.92. The molecule has 0 saturated heterocycles. The van der Waals surface area contributed by atoms with Crippen molar-refractivity contribution in [2.75, 3.05) is 25.6 Å². The van der Waals surface area contributed by atoms with Crippen LogP contribution in [0.25, 0.3) is 0 Å². The first-order chi connectivity index (χ1) is 11.0. The van der Waals surface area contributed by atoms with Crippen LogP contribution in [0, 0.1) is 10.5 Å². The largest absolute Gasteiger partial charge is 0.489 e. The number of halogens is 2. The molecule has 0 heterocycles. The van der Waals surface area contributed by atoms with Crippen molar-refractivity contribution in [2.45, 2.75) is 6.92 Å². The maximum Gasteiger partial charge on any atom is 0.255 e. The minimum absolute atomic E-state index is 0.208. The van der Waals surface area contributed by atoms with Crippen LogP contribution in [0.1, 0.15) is 15.9 Å². The molecule has 1 amide bonds. The van der Waals surface area contributed by atoms with Gasteiger partial charge in [-0.25, -0.2) is 0 Å². The summed E-state index contributed by atoms with van der Waals surface area (Å²) in [6.07, 6.45) is 0. The fraction of sp³-hybridized carbons (Fsp3) is 0.235. The first-order valence-corrected chi connectivity index (χ1v) is 8.45. The standard InChI is InChI=1S/C17H17ClINO3/c1-11-3-6-15(16(9-11)23-8-7-22-2)20-17(21)12-4-5-13(18)14(19)10-12/h3-6,9-10H,7-8H2,1-2H3,(H,20,21). The SMILES string of the molecule is COCCOc1cc(C)ccc1NC(=O)c1ccc(Cl)c(I)c1. The lowest BCUT2D eigenvalue weighted by Crippen LogP contribution is -2.14. The highest BCUT2D eigenvalue weighted by molar-refractivity contribution is 14.1. The van der Waals surface area contributed by atoms with E-state index in [9.17, 15) is 4.79 Å². The lowest BCUT2D eigenvalue weighted by Gasteiger charge is -2.13. The Morgan fingerprint density at radius 1 is 1.22 bits per heavy atom. The predicted octanol–water partition coefficient (Wildman–Crippen LogP) is 4.53. The summed E-state index contributed by atoms with van der Waals surface area (Å²) in [4.78, 5) is 12.4. The molecular formula is C17H17ClINO3. The summed E-state index contributed by atoms with van der Waals surface area (Å²) in [5, 5.41) is 3.50. The Bertz CT molecular complexity index is 706. The maximum atomic E-state index is 12.4. The molecule has 2 rings (SSSR count). The van der Waals surface area contributed by atoms with Gasteiger partial charge in [-0.15, -0.1) is 0 Å². The molecule has 0 radical (unpaired) electrons. The smallest absolute Gasteiger partial charge is 0.255 e. The molecule has 0 unspecified atom stereocenters. The Morgan fingerprint density at radius 3 is 2.70 bits per heavy atom. The normalized spacial score (nSPS) is 10.4. The van der Waals surface area contributed by atoms with Crippen molar-refractivity contribution >= 4 is 45.8 Å². The number of rotatable bonds is 6. The van der Waals surface area contributed by atoms with Crippen LogP contribution in [0.4, 0.5) is 5.69 Å². The van der Waals surface area contributed by atoms with E-state index in [-0.39, 0.29) is 5.91 Å². The van der Waals surface area contributed by atoms with Gasteiger partial charge in [0.1, 0.15) is 12.4 Å². The Hall–Kier alpha value is -1.31. The Balaban J connectivity index is 2.17. The highest BCUT2D eigenvalue weighted by Gasteiger charge is 2.12. The van der Waals surface area contributed by atoms with Crippen molar-refractivity contribution in [3.63, 3.8) is 0 Å². The van der Waals surface area contributed by atoms with Crippen molar-refractivity contribution in [3.05, 3.63) is 56.1 Å². The molecule has 0 fully saturated rings. The van der Waals surface area contributed by atoms with E-state index in [1.165, 1.54) is 0 Å². The van der Waals surface area contributed by atoms with E-state index in [2.05, 4.69) is 27.9 Å². The predicted molar refractivity (Wildman–Crippen MR) is 101 cm³/mol. The number of carbonyl (C=O) groups excluding carboxylic acids is 1. The van der Waals surface area contributed by atoms with Gasteiger partial charge in [-0.05, 0) is 65.4 Å². The second-order valence-corrected chi connectivity index (χ2v) is 6.49. The van der Waals surface area contributed by atoms with Gasteiger partial charge >= 0.3 is 0 Å². The van der Waals surface area contributed by atoms with Crippen molar-refractivity contribution < 1.29 is 14.3 Å². The van der Waals surface area contributed by atoms with Crippen LogP contribution < -0.4 is 10.1 Å². The Morgan fingerprint density at radius 2 is 2.00 bits per heavy atom. The molecule has 0 bridgehead atoms. The van der Waals surface area contributed by atoms with E-state index in [0.29, 0.717) is 35.2 Å². The van der Waals surface area contributed by atoms with Gasteiger partial charge in [-0.1, -0.05) is 17.7 Å². The fourth-order valence-corrected chi connectivity index (χ4v) is 2.55. The number of hydrogen-bond acceptors (Lipinski definition) is 3. The lowest BCUT2D eigenvalue weighted by molar-refractivity contribution is 0.102. The lowest BCUT2D eigenvalue weighted by atomic mass is 10.2. The van der Waals surface area contributed by atoms with Gasteiger partial charge in [0.25, 0.3) is 5.91 Å². The summed E-state index contributed by atoms with van der Waals surface area (Å²) in [6.45, 7) is 2.87. The van der Waals surface area contributed by atoms with E-state index in [1.54, 1.807) is 25.3 Å². The van der Waals surface area contributed by atoms with Crippen molar-refractivity contribution in [2.24, 2.45) is 0 Å². The first-order valence-electron chi connectivity index (χ1n) is 7.00. The summed E-state index contributed by atoms with van der Waals surface area (Å²) in [5.74, 6) is 0.416. The van der Waals surface area contributed by atoms with Crippen LogP contribution in [0.2, 0.25) is 5.02 Å². The summed E-state index contributed by atoms with van der Waals surface area (Å²) in [6, 6.07) is 10.8. The zero-order valence-electron chi connectivity index (χ0n) is 12.9. The zero-order valence-corrected chi connectivity index (χ0v) is 15.8. The van der Waals surface area contributed by atoms with Crippen LogP contribution in [0.15, 0.2) is 36.4 Å². The average molecular weight is 446 g/mol. The van der Waals surface area contributed by atoms with Crippen molar-refractivity contribution in [1.29, 1.82) is 0 Å². The van der Waals surface area contributed by atoms with Gasteiger partial charge in [0, 0.05) is 16.2 Å². The Labute approximate surface area is 154 Å². The molecule has 2 aromatic rings. The molecule has 1 N–H and O–H groups in total. The van der Waals surface area contributed by atoms with Gasteiger partial charge in [0.2, 0.25) is 0 Å². The number of carbonyl (C=O) groups is 1. The molecule has 0 atom stereocenters. The molecule has 122 valence electrons. The first kappa shape index (κ1) is 18.0. The van der Waals surface area contributed by atoms with Gasteiger partial charge in [0.15, 0.2) is 0 Å². The van der Waals surface area contributed by atoms with Crippen molar-refractivity contribution in [3.8, 4) is 5.75 Å². The monoisotopic (exact) mass is 445 g/mol. The van der Waals surface area contributed by atoms with Gasteiger partial charge in [0.05, 0.1) is 17.3 Å². The van der Waals surface area contributed by atoms with Crippen LogP contribution >= 0.6 is 34.2 Å². The molecule has 0 aromatic heterocycles. The summed E-state index contributed by atoms with van der Waals surface area (Å²) in [7, 11) is 1.62. The number of amides is 1. The molecule has 23 heavy (non-hydrogen) atoms. The number of ether oxygens (including phenoxy) is 2. The number of methoxy groups -OCH3 is 1. The van der Waals surface area contributed by atoms with E-state index in [1.807, 2.05) is 25.1 Å². The van der Waals surface area contributed by atoms with Crippen molar-refractivity contribution in [1.82, 2.24) is 0 Å².